The third-order valence-electron chi connectivity index (χ3n) is 3.13. The number of hydrogen-bond donors (Lipinski definition) is 3. The SMILES string of the molecule is CCNC(=O)c1ccc(C(=O)O)c(C(=O)Nc2ccccc2)c1. The molecule has 23 heavy (non-hydrogen) atoms. The van der Waals surface area contributed by atoms with Crippen molar-refractivity contribution in [3.8, 4) is 0 Å². The van der Waals surface area contributed by atoms with Gasteiger partial charge in [-0.1, -0.05) is 18.2 Å². The van der Waals surface area contributed by atoms with E-state index in [1.165, 1.54) is 18.2 Å². The minimum atomic E-state index is -1.23. The zero-order chi connectivity index (χ0) is 16.8. The molecule has 0 bridgehead atoms. The maximum absolute atomic E-state index is 12.4. The first-order chi connectivity index (χ1) is 11.0. The van der Waals surface area contributed by atoms with Crippen LogP contribution in [0.2, 0.25) is 0 Å². The summed E-state index contributed by atoms with van der Waals surface area (Å²) in [5, 5.41) is 14.5. The molecule has 2 aromatic rings. The highest BCUT2D eigenvalue weighted by Crippen LogP contribution is 2.15. The van der Waals surface area contributed by atoms with Gasteiger partial charge < -0.3 is 15.7 Å². The first-order valence-corrected chi connectivity index (χ1v) is 7.05. The molecule has 0 fully saturated rings. The van der Waals surface area contributed by atoms with Crippen LogP contribution in [0.5, 0.6) is 0 Å². The molecule has 0 radical (unpaired) electrons. The molecule has 2 amide bonds. The Morgan fingerprint density at radius 2 is 1.65 bits per heavy atom. The monoisotopic (exact) mass is 312 g/mol. The van der Waals surface area contributed by atoms with Crippen LogP contribution in [-0.2, 0) is 0 Å². The molecule has 0 aromatic heterocycles. The molecule has 0 unspecified atom stereocenters. The van der Waals surface area contributed by atoms with Crippen molar-refractivity contribution in [3.63, 3.8) is 0 Å². The van der Waals surface area contributed by atoms with Crippen LogP contribution in [0.4, 0.5) is 5.69 Å². The van der Waals surface area contributed by atoms with E-state index in [2.05, 4.69) is 10.6 Å². The average molecular weight is 312 g/mol. The lowest BCUT2D eigenvalue weighted by atomic mass is 10.0. The fourth-order valence-corrected chi connectivity index (χ4v) is 2.04. The van der Waals surface area contributed by atoms with Crippen LogP contribution in [0, 0.1) is 0 Å². The number of nitrogens with one attached hydrogen (secondary N) is 2. The van der Waals surface area contributed by atoms with Gasteiger partial charge in [0.15, 0.2) is 0 Å². The standard InChI is InChI=1S/C17H16N2O4/c1-2-18-15(20)11-8-9-13(17(22)23)14(10-11)16(21)19-12-6-4-3-5-7-12/h3-10H,2H2,1H3,(H,18,20)(H,19,21)(H,22,23). The number of rotatable bonds is 5. The minimum absolute atomic E-state index is 0.0647. The highest BCUT2D eigenvalue weighted by molar-refractivity contribution is 6.12. The van der Waals surface area contributed by atoms with Crippen molar-refractivity contribution in [2.45, 2.75) is 6.92 Å². The Hall–Kier alpha value is -3.15. The number of carboxylic acids is 1. The van der Waals surface area contributed by atoms with Crippen molar-refractivity contribution in [2.75, 3.05) is 11.9 Å². The minimum Gasteiger partial charge on any atom is -0.478 e. The Balaban J connectivity index is 2.37. The zero-order valence-electron chi connectivity index (χ0n) is 12.5. The van der Waals surface area contributed by atoms with Gasteiger partial charge in [0.05, 0.1) is 11.1 Å². The fraction of sp³-hybridized carbons (Fsp3) is 0.118. The second kappa shape index (κ2) is 7.22. The molecule has 118 valence electrons. The van der Waals surface area contributed by atoms with Gasteiger partial charge in [0.2, 0.25) is 0 Å². The molecular formula is C17H16N2O4. The first-order valence-electron chi connectivity index (χ1n) is 7.05. The van der Waals surface area contributed by atoms with Crippen molar-refractivity contribution in [2.24, 2.45) is 0 Å². The predicted molar refractivity (Wildman–Crippen MR) is 85.8 cm³/mol. The topological polar surface area (TPSA) is 95.5 Å². The summed E-state index contributed by atoms with van der Waals surface area (Å²) in [7, 11) is 0. The number of anilines is 1. The van der Waals surface area contributed by atoms with Crippen molar-refractivity contribution < 1.29 is 19.5 Å². The van der Waals surface area contributed by atoms with Crippen LogP contribution in [0.3, 0.4) is 0 Å². The third kappa shape index (κ3) is 3.94. The number of amides is 2. The van der Waals surface area contributed by atoms with Gasteiger partial charge in [-0.05, 0) is 37.3 Å². The van der Waals surface area contributed by atoms with Crippen molar-refractivity contribution in [1.29, 1.82) is 0 Å². The van der Waals surface area contributed by atoms with Gasteiger partial charge in [0.1, 0.15) is 0 Å². The van der Waals surface area contributed by atoms with Crippen LogP contribution in [0.25, 0.3) is 0 Å². The van der Waals surface area contributed by atoms with Crippen molar-refractivity contribution >= 4 is 23.5 Å². The molecule has 0 heterocycles. The molecule has 6 nitrogen and oxygen atoms in total. The maximum atomic E-state index is 12.4. The summed E-state index contributed by atoms with van der Waals surface area (Å²) in [6, 6.07) is 12.6. The normalized spacial score (nSPS) is 9.96. The summed E-state index contributed by atoms with van der Waals surface area (Å²) in [5.41, 5.74) is 0.545. The van der Waals surface area contributed by atoms with Gasteiger partial charge in [0.25, 0.3) is 11.8 Å². The molecule has 0 aliphatic heterocycles. The Morgan fingerprint density at radius 3 is 2.26 bits per heavy atom. The summed E-state index contributed by atoms with van der Waals surface area (Å²) >= 11 is 0. The lowest BCUT2D eigenvalue weighted by Crippen LogP contribution is -2.24. The van der Waals surface area contributed by atoms with E-state index in [1.807, 2.05) is 0 Å². The molecule has 0 aliphatic rings. The molecule has 2 aromatic carbocycles. The van der Waals surface area contributed by atoms with Gasteiger partial charge in [-0.3, -0.25) is 9.59 Å². The number of carbonyl (C=O) groups is 3. The van der Waals surface area contributed by atoms with Gasteiger partial charge in [-0.15, -0.1) is 0 Å². The molecule has 0 saturated carbocycles. The molecule has 0 saturated heterocycles. The molecular weight excluding hydrogens is 296 g/mol. The van der Waals surface area contributed by atoms with Crippen LogP contribution < -0.4 is 10.6 Å². The summed E-state index contributed by atoms with van der Waals surface area (Å²) in [4.78, 5) is 35.5. The number of para-hydroxylation sites is 1. The number of benzene rings is 2. The fourth-order valence-electron chi connectivity index (χ4n) is 2.04. The Morgan fingerprint density at radius 1 is 0.957 bits per heavy atom. The molecule has 0 atom stereocenters. The lowest BCUT2D eigenvalue weighted by molar-refractivity contribution is 0.0692. The third-order valence-corrected chi connectivity index (χ3v) is 3.13. The van der Waals surface area contributed by atoms with Crippen molar-refractivity contribution in [3.05, 3.63) is 65.2 Å². The maximum Gasteiger partial charge on any atom is 0.336 e. The smallest absolute Gasteiger partial charge is 0.336 e. The van der Waals surface area contributed by atoms with Crippen LogP contribution in [-0.4, -0.2) is 29.4 Å². The van der Waals surface area contributed by atoms with E-state index < -0.39 is 11.9 Å². The molecule has 3 N–H and O–H groups in total. The van der Waals surface area contributed by atoms with E-state index in [4.69, 9.17) is 0 Å². The van der Waals surface area contributed by atoms with Crippen LogP contribution >= 0.6 is 0 Å². The summed E-state index contributed by atoms with van der Waals surface area (Å²) in [6.07, 6.45) is 0. The second-order valence-corrected chi connectivity index (χ2v) is 4.75. The summed E-state index contributed by atoms with van der Waals surface area (Å²) in [6.45, 7) is 2.21. The Labute approximate surface area is 133 Å². The highest BCUT2D eigenvalue weighted by Gasteiger charge is 2.19. The lowest BCUT2D eigenvalue weighted by Gasteiger charge is -2.10. The number of hydrogen-bond acceptors (Lipinski definition) is 3. The van der Waals surface area contributed by atoms with Gasteiger partial charge in [-0.2, -0.15) is 0 Å². The van der Waals surface area contributed by atoms with Crippen LogP contribution in [0.15, 0.2) is 48.5 Å². The average Bonchev–Trinajstić information content (AvgIpc) is 2.55. The molecule has 6 heteroatoms. The van der Waals surface area contributed by atoms with Gasteiger partial charge >= 0.3 is 5.97 Å². The largest absolute Gasteiger partial charge is 0.478 e. The number of carboxylic acid groups (broad SMARTS) is 1. The zero-order valence-corrected chi connectivity index (χ0v) is 12.5. The number of carbonyl (C=O) groups excluding carboxylic acids is 2. The second-order valence-electron chi connectivity index (χ2n) is 4.75. The first kappa shape index (κ1) is 16.2. The van der Waals surface area contributed by atoms with Crippen molar-refractivity contribution in [1.82, 2.24) is 5.32 Å². The molecule has 0 spiro atoms. The van der Waals surface area contributed by atoms with Gasteiger partial charge in [0, 0.05) is 17.8 Å². The summed E-state index contributed by atoms with van der Waals surface area (Å²) in [5.74, 6) is -2.18. The van der Waals surface area contributed by atoms with E-state index in [0.29, 0.717) is 12.2 Å². The molecule has 2 rings (SSSR count). The van der Waals surface area contributed by atoms with E-state index in [-0.39, 0.29) is 22.6 Å². The van der Waals surface area contributed by atoms with E-state index >= 15 is 0 Å². The van der Waals surface area contributed by atoms with E-state index in [0.717, 1.165) is 0 Å². The summed E-state index contributed by atoms with van der Waals surface area (Å²) < 4.78 is 0. The Bertz CT molecular complexity index is 742. The molecule has 0 aliphatic carbocycles. The van der Waals surface area contributed by atoms with Gasteiger partial charge in [-0.25, -0.2) is 4.79 Å². The highest BCUT2D eigenvalue weighted by atomic mass is 16.4. The number of aromatic carboxylic acids is 1. The quantitative estimate of drug-likeness (QED) is 0.790. The van der Waals surface area contributed by atoms with E-state index in [1.54, 1.807) is 37.3 Å². The van der Waals surface area contributed by atoms with Crippen LogP contribution in [0.1, 0.15) is 38.0 Å². The van der Waals surface area contributed by atoms with E-state index in [9.17, 15) is 19.5 Å². The Kier molecular flexibility index (Phi) is 5.09. The predicted octanol–water partition coefficient (Wildman–Crippen LogP) is 2.39.